The van der Waals surface area contributed by atoms with E-state index in [2.05, 4.69) is 22.0 Å². The fourth-order valence-corrected chi connectivity index (χ4v) is 3.43. The van der Waals surface area contributed by atoms with Crippen molar-refractivity contribution in [2.24, 2.45) is 0 Å². The van der Waals surface area contributed by atoms with Crippen molar-refractivity contribution in [2.45, 2.75) is 51.1 Å². The molecule has 0 radical (unpaired) electrons. The van der Waals surface area contributed by atoms with Crippen molar-refractivity contribution in [1.29, 1.82) is 0 Å². The molecule has 0 bridgehead atoms. The maximum Gasteiger partial charge on any atom is 0.320 e. The van der Waals surface area contributed by atoms with Crippen molar-refractivity contribution in [3.63, 3.8) is 0 Å². The second-order valence-electron chi connectivity index (χ2n) is 6.12. The molecule has 0 aromatic rings. The number of fused-ring (bicyclic) bond motifs is 1. The van der Waals surface area contributed by atoms with Gasteiger partial charge in [0.25, 0.3) is 0 Å². The maximum absolute atomic E-state index is 11.2. The zero-order chi connectivity index (χ0) is 14.4. The van der Waals surface area contributed by atoms with Crippen molar-refractivity contribution in [3.05, 3.63) is 0 Å². The van der Waals surface area contributed by atoms with Gasteiger partial charge in [0.15, 0.2) is 0 Å². The topological polar surface area (TPSA) is 55.8 Å². The molecule has 0 aromatic heterocycles. The molecule has 0 saturated carbocycles. The third-order valence-electron chi connectivity index (χ3n) is 4.56. The minimum absolute atomic E-state index is 0.391. The SMILES string of the molecule is CCCNC(CCN1CCCN2CCCC2C1)C(=O)O. The summed E-state index contributed by atoms with van der Waals surface area (Å²) in [6.07, 6.45) is 5.55. The fourth-order valence-electron chi connectivity index (χ4n) is 3.43. The maximum atomic E-state index is 11.2. The lowest BCUT2D eigenvalue weighted by molar-refractivity contribution is -0.139. The van der Waals surface area contributed by atoms with Crippen LogP contribution in [-0.4, -0.2) is 72.2 Å². The predicted molar refractivity (Wildman–Crippen MR) is 80.0 cm³/mol. The van der Waals surface area contributed by atoms with E-state index in [0.717, 1.165) is 32.6 Å². The van der Waals surface area contributed by atoms with Gasteiger partial charge in [-0.2, -0.15) is 0 Å². The van der Waals surface area contributed by atoms with E-state index in [1.54, 1.807) is 0 Å². The van der Waals surface area contributed by atoms with Gasteiger partial charge in [0.2, 0.25) is 0 Å². The van der Waals surface area contributed by atoms with Crippen LogP contribution in [0.3, 0.4) is 0 Å². The Morgan fingerprint density at radius 1 is 1.35 bits per heavy atom. The molecular weight excluding hydrogens is 254 g/mol. The number of nitrogens with zero attached hydrogens (tertiary/aromatic N) is 2. The highest BCUT2D eigenvalue weighted by Crippen LogP contribution is 2.21. The van der Waals surface area contributed by atoms with E-state index in [-0.39, 0.29) is 0 Å². The standard InChI is InChI=1S/C15H29N3O2/c1-2-7-16-14(15(19)20)6-11-17-8-4-10-18-9-3-5-13(18)12-17/h13-14,16H,2-12H2,1H3,(H,19,20). The van der Waals surface area contributed by atoms with E-state index in [9.17, 15) is 9.90 Å². The van der Waals surface area contributed by atoms with Crippen LogP contribution in [-0.2, 0) is 4.79 Å². The first-order chi connectivity index (χ1) is 9.70. The normalized spacial score (nSPS) is 26.1. The van der Waals surface area contributed by atoms with Gasteiger partial charge in [-0.15, -0.1) is 0 Å². The van der Waals surface area contributed by atoms with Crippen LogP contribution in [0.25, 0.3) is 0 Å². The van der Waals surface area contributed by atoms with E-state index >= 15 is 0 Å². The molecule has 2 N–H and O–H groups in total. The number of hydrogen-bond acceptors (Lipinski definition) is 4. The Bertz CT molecular complexity index is 311. The van der Waals surface area contributed by atoms with Crippen molar-refractivity contribution in [3.8, 4) is 0 Å². The highest BCUT2D eigenvalue weighted by Gasteiger charge is 2.29. The van der Waals surface area contributed by atoms with Gasteiger partial charge in [-0.1, -0.05) is 6.92 Å². The third-order valence-corrected chi connectivity index (χ3v) is 4.56. The zero-order valence-corrected chi connectivity index (χ0v) is 12.7. The molecule has 0 aromatic carbocycles. The Kier molecular flexibility index (Phi) is 6.26. The van der Waals surface area contributed by atoms with Crippen molar-refractivity contribution in [1.82, 2.24) is 15.1 Å². The van der Waals surface area contributed by atoms with Crippen LogP contribution in [0, 0.1) is 0 Å². The summed E-state index contributed by atoms with van der Waals surface area (Å²) in [6, 6.07) is 0.322. The summed E-state index contributed by atoms with van der Waals surface area (Å²) in [6.45, 7) is 8.47. The van der Waals surface area contributed by atoms with E-state index in [4.69, 9.17) is 0 Å². The molecule has 0 aliphatic carbocycles. The van der Waals surface area contributed by atoms with Gasteiger partial charge in [-0.3, -0.25) is 9.69 Å². The Morgan fingerprint density at radius 2 is 2.15 bits per heavy atom. The smallest absolute Gasteiger partial charge is 0.320 e. The molecule has 5 nitrogen and oxygen atoms in total. The summed E-state index contributed by atoms with van der Waals surface area (Å²) in [7, 11) is 0. The van der Waals surface area contributed by atoms with Crippen LogP contribution in [0.1, 0.15) is 39.0 Å². The van der Waals surface area contributed by atoms with Gasteiger partial charge in [-0.25, -0.2) is 0 Å². The van der Waals surface area contributed by atoms with Crippen LogP contribution < -0.4 is 5.32 Å². The number of carboxylic acids is 1. The first-order valence-electron chi connectivity index (χ1n) is 8.13. The van der Waals surface area contributed by atoms with Gasteiger partial charge in [0.1, 0.15) is 6.04 Å². The molecule has 20 heavy (non-hydrogen) atoms. The quantitative estimate of drug-likeness (QED) is 0.730. The summed E-state index contributed by atoms with van der Waals surface area (Å²) >= 11 is 0. The molecule has 2 saturated heterocycles. The van der Waals surface area contributed by atoms with Gasteiger partial charge >= 0.3 is 5.97 Å². The van der Waals surface area contributed by atoms with Crippen LogP contribution in [0.5, 0.6) is 0 Å². The highest BCUT2D eigenvalue weighted by atomic mass is 16.4. The first-order valence-corrected chi connectivity index (χ1v) is 8.13. The Morgan fingerprint density at radius 3 is 2.90 bits per heavy atom. The summed E-state index contributed by atoms with van der Waals surface area (Å²) in [4.78, 5) is 16.3. The van der Waals surface area contributed by atoms with Crippen molar-refractivity contribution >= 4 is 5.97 Å². The lowest BCUT2D eigenvalue weighted by atomic mass is 10.1. The zero-order valence-electron chi connectivity index (χ0n) is 12.7. The Hall–Kier alpha value is -0.650. The molecule has 0 spiro atoms. The van der Waals surface area contributed by atoms with E-state index in [1.165, 1.54) is 32.4 Å². The molecule has 2 heterocycles. The predicted octanol–water partition coefficient (Wildman–Crippen LogP) is 0.999. The largest absolute Gasteiger partial charge is 0.480 e. The van der Waals surface area contributed by atoms with E-state index < -0.39 is 12.0 Å². The van der Waals surface area contributed by atoms with Crippen LogP contribution in [0.15, 0.2) is 0 Å². The first kappa shape index (κ1) is 15.7. The molecule has 116 valence electrons. The van der Waals surface area contributed by atoms with Gasteiger partial charge in [0, 0.05) is 19.1 Å². The second-order valence-corrected chi connectivity index (χ2v) is 6.12. The monoisotopic (exact) mass is 283 g/mol. The molecular formula is C15H29N3O2. The van der Waals surface area contributed by atoms with Gasteiger partial charge < -0.3 is 15.3 Å². The molecule has 2 unspecified atom stereocenters. The van der Waals surface area contributed by atoms with Gasteiger partial charge in [-0.05, 0) is 58.3 Å². The molecule has 2 rings (SSSR count). The number of hydrogen-bond donors (Lipinski definition) is 2. The Balaban J connectivity index is 1.77. The number of carbonyl (C=O) groups is 1. The molecule has 2 aliphatic heterocycles. The number of rotatable bonds is 7. The number of nitrogens with one attached hydrogen (secondary N) is 1. The lowest BCUT2D eigenvalue weighted by Crippen LogP contribution is -2.42. The fraction of sp³-hybridized carbons (Fsp3) is 0.933. The van der Waals surface area contributed by atoms with Crippen LogP contribution in [0.4, 0.5) is 0 Å². The summed E-state index contributed by atoms with van der Waals surface area (Å²) < 4.78 is 0. The summed E-state index contributed by atoms with van der Waals surface area (Å²) in [5.74, 6) is -0.712. The van der Waals surface area contributed by atoms with E-state index in [1.807, 2.05) is 0 Å². The number of carboxylic acid groups (broad SMARTS) is 1. The van der Waals surface area contributed by atoms with Crippen molar-refractivity contribution < 1.29 is 9.90 Å². The Labute approximate surface area is 122 Å². The lowest BCUT2D eigenvalue weighted by Gasteiger charge is -2.26. The summed E-state index contributed by atoms with van der Waals surface area (Å²) in [5.41, 5.74) is 0. The van der Waals surface area contributed by atoms with E-state index in [0.29, 0.717) is 12.5 Å². The molecule has 0 amide bonds. The third kappa shape index (κ3) is 4.43. The minimum atomic E-state index is -0.712. The van der Waals surface area contributed by atoms with Crippen molar-refractivity contribution in [2.75, 3.05) is 39.3 Å². The highest BCUT2D eigenvalue weighted by molar-refractivity contribution is 5.73. The average molecular weight is 283 g/mol. The van der Waals surface area contributed by atoms with Crippen LogP contribution in [0.2, 0.25) is 0 Å². The average Bonchev–Trinajstić information content (AvgIpc) is 2.77. The minimum Gasteiger partial charge on any atom is -0.480 e. The molecule has 5 heteroatoms. The summed E-state index contributed by atoms with van der Waals surface area (Å²) in [5, 5.41) is 12.4. The number of aliphatic carboxylic acids is 1. The molecule has 2 atom stereocenters. The molecule has 2 fully saturated rings. The molecule has 2 aliphatic rings. The van der Waals surface area contributed by atoms with Gasteiger partial charge in [0.05, 0.1) is 0 Å². The second kappa shape index (κ2) is 7.96. The van der Waals surface area contributed by atoms with Crippen LogP contribution >= 0.6 is 0 Å².